The fourth-order valence-corrected chi connectivity index (χ4v) is 1.69. The van der Waals surface area contributed by atoms with Crippen molar-refractivity contribution in [3.05, 3.63) is 41.3 Å². The molecule has 1 heterocycles. The molecule has 6 nitrogen and oxygen atoms in total. The Morgan fingerprint density at radius 3 is 2.89 bits per heavy atom. The van der Waals surface area contributed by atoms with E-state index >= 15 is 0 Å². The third-order valence-corrected chi connectivity index (χ3v) is 2.58. The molecule has 0 saturated heterocycles. The van der Waals surface area contributed by atoms with E-state index in [1.165, 1.54) is 19.5 Å². The molecule has 0 fully saturated rings. The number of carbonyl (C=O) groups excluding carboxylic acids is 1. The second kappa shape index (κ2) is 5.53. The number of anilines is 2. The molecule has 7 heteroatoms. The van der Waals surface area contributed by atoms with Crippen LogP contribution in [0.5, 0.6) is 5.75 Å². The van der Waals surface area contributed by atoms with Crippen molar-refractivity contribution in [2.24, 2.45) is 0 Å². The molecule has 0 bridgehead atoms. The highest BCUT2D eigenvalue weighted by Crippen LogP contribution is 2.26. The van der Waals surface area contributed by atoms with Gasteiger partial charge in [0.15, 0.2) is 5.75 Å². The third kappa shape index (κ3) is 2.92. The first-order chi connectivity index (χ1) is 9.11. The largest absolute Gasteiger partial charge is 0.494 e. The Bertz CT molecular complexity index is 618. The SMILES string of the molecule is COc1c(N)cccc1C(=O)Nc1cc(Cl)ncn1. The minimum Gasteiger partial charge on any atom is -0.494 e. The van der Waals surface area contributed by atoms with Gasteiger partial charge in [-0.2, -0.15) is 0 Å². The number of aromatic nitrogens is 2. The third-order valence-electron chi connectivity index (χ3n) is 2.37. The van der Waals surface area contributed by atoms with Gasteiger partial charge < -0.3 is 15.8 Å². The van der Waals surface area contributed by atoms with Gasteiger partial charge in [-0.3, -0.25) is 4.79 Å². The van der Waals surface area contributed by atoms with Crippen LogP contribution in [0.3, 0.4) is 0 Å². The summed E-state index contributed by atoms with van der Waals surface area (Å²) in [5, 5.41) is 2.83. The molecule has 0 radical (unpaired) electrons. The Kier molecular flexibility index (Phi) is 3.82. The fourth-order valence-electron chi connectivity index (χ4n) is 1.55. The Morgan fingerprint density at radius 2 is 2.21 bits per heavy atom. The zero-order valence-electron chi connectivity index (χ0n) is 10.1. The molecule has 0 atom stereocenters. The molecular formula is C12H11ClN4O2. The average Bonchev–Trinajstić information content (AvgIpc) is 2.38. The molecule has 3 N–H and O–H groups in total. The monoisotopic (exact) mass is 278 g/mol. The molecule has 1 aromatic carbocycles. The Labute approximate surface area is 114 Å². The lowest BCUT2D eigenvalue weighted by atomic mass is 10.1. The minimum atomic E-state index is -0.390. The Morgan fingerprint density at radius 1 is 1.42 bits per heavy atom. The second-order valence-electron chi connectivity index (χ2n) is 3.61. The van der Waals surface area contributed by atoms with E-state index in [9.17, 15) is 4.79 Å². The number of carbonyl (C=O) groups is 1. The standard InChI is InChI=1S/C12H11ClN4O2/c1-19-11-7(3-2-4-8(11)14)12(18)17-10-5-9(13)15-6-16-10/h2-6H,14H2,1H3,(H,15,16,17,18). The van der Waals surface area contributed by atoms with Crippen molar-refractivity contribution < 1.29 is 9.53 Å². The van der Waals surface area contributed by atoms with Crippen LogP contribution < -0.4 is 15.8 Å². The van der Waals surface area contributed by atoms with Crippen LogP contribution in [0.25, 0.3) is 0 Å². The van der Waals surface area contributed by atoms with Gasteiger partial charge >= 0.3 is 0 Å². The molecule has 0 spiro atoms. The number of ether oxygens (including phenoxy) is 1. The predicted molar refractivity (Wildman–Crippen MR) is 72.4 cm³/mol. The highest BCUT2D eigenvalue weighted by molar-refractivity contribution is 6.29. The maximum Gasteiger partial charge on any atom is 0.260 e. The van der Waals surface area contributed by atoms with Crippen molar-refractivity contribution in [1.29, 1.82) is 0 Å². The number of hydrogen-bond acceptors (Lipinski definition) is 5. The summed E-state index contributed by atoms with van der Waals surface area (Å²) in [4.78, 5) is 19.7. The van der Waals surface area contributed by atoms with Gasteiger partial charge in [-0.1, -0.05) is 17.7 Å². The van der Waals surface area contributed by atoms with Crippen LogP contribution in [0.4, 0.5) is 11.5 Å². The smallest absolute Gasteiger partial charge is 0.260 e. The van der Waals surface area contributed by atoms with E-state index in [4.69, 9.17) is 22.1 Å². The molecule has 1 aromatic heterocycles. The zero-order valence-corrected chi connectivity index (χ0v) is 10.8. The Balaban J connectivity index is 2.28. The fraction of sp³-hybridized carbons (Fsp3) is 0.0833. The number of rotatable bonds is 3. The maximum absolute atomic E-state index is 12.1. The molecule has 0 unspecified atom stereocenters. The molecule has 2 aromatic rings. The van der Waals surface area contributed by atoms with Crippen LogP contribution in [-0.2, 0) is 0 Å². The molecule has 19 heavy (non-hydrogen) atoms. The Hall–Kier alpha value is -2.34. The molecule has 98 valence electrons. The summed E-state index contributed by atoms with van der Waals surface area (Å²) in [6.45, 7) is 0. The number of halogens is 1. The molecule has 0 aliphatic carbocycles. The number of nitrogen functional groups attached to an aromatic ring is 1. The quantitative estimate of drug-likeness (QED) is 0.662. The molecule has 2 rings (SSSR count). The van der Waals surface area contributed by atoms with Crippen LogP contribution in [0.2, 0.25) is 5.15 Å². The van der Waals surface area contributed by atoms with Crippen molar-refractivity contribution in [2.75, 3.05) is 18.2 Å². The van der Waals surface area contributed by atoms with Crippen molar-refractivity contribution in [3.63, 3.8) is 0 Å². The molecule has 0 saturated carbocycles. The summed E-state index contributed by atoms with van der Waals surface area (Å²) in [7, 11) is 1.45. The summed E-state index contributed by atoms with van der Waals surface area (Å²) >= 11 is 5.71. The van der Waals surface area contributed by atoms with Crippen molar-refractivity contribution in [3.8, 4) is 5.75 Å². The number of nitrogens with zero attached hydrogens (tertiary/aromatic N) is 2. The van der Waals surface area contributed by atoms with Gasteiger partial charge in [-0.25, -0.2) is 9.97 Å². The van der Waals surface area contributed by atoms with E-state index < -0.39 is 0 Å². The predicted octanol–water partition coefficient (Wildman–Crippen LogP) is 1.97. The van der Waals surface area contributed by atoms with Gasteiger partial charge in [0.1, 0.15) is 17.3 Å². The second-order valence-corrected chi connectivity index (χ2v) is 4.00. The van der Waals surface area contributed by atoms with Crippen molar-refractivity contribution in [2.45, 2.75) is 0 Å². The summed E-state index contributed by atoms with van der Waals surface area (Å²) in [5.74, 6) is 0.230. The van der Waals surface area contributed by atoms with E-state index in [1.807, 2.05) is 0 Å². The van der Waals surface area contributed by atoms with Gasteiger partial charge in [0.05, 0.1) is 18.4 Å². The molecule has 1 amide bonds. The normalized spacial score (nSPS) is 10.0. The first-order valence-corrected chi connectivity index (χ1v) is 5.71. The number of nitrogens with one attached hydrogen (secondary N) is 1. The van der Waals surface area contributed by atoms with Gasteiger partial charge in [-0.05, 0) is 12.1 Å². The number of amides is 1. The van der Waals surface area contributed by atoms with Crippen LogP contribution >= 0.6 is 11.6 Å². The van der Waals surface area contributed by atoms with Gasteiger partial charge in [-0.15, -0.1) is 0 Å². The lowest BCUT2D eigenvalue weighted by Crippen LogP contribution is -2.14. The van der Waals surface area contributed by atoms with Gasteiger partial charge in [0.2, 0.25) is 0 Å². The first-order valence-electron chi connectivity index (χ1n) is 5.33. The number of hydrogen-bond donors (Lipinski definition) is 2. The number of nitrogens with two attached hydrogens (primary N) is 1. The van der Waals surface area contributed by atoms with Crippen LogP contribution in [-0.4, -0.2) is 23.0 Å². The lowest BCUT2D eigenvalue weighted by Gasteiger charge is -2.10. The number of para-hydroxylation sites is 1. The van der Waals surface area contributed by atoms with Crippen LogP contribution in [0.15, 0.2) is 30.6 Å². The van der Waals surface area contributed by atoms with Crippen LogP contribution in [0.1, 0.15) is 10.4 Å². The zero-order chi connectivity index (χ0) is 13.8. The number of methoxy groups -OCH3 is 1. The van der Waals surface area contributed by atoms with E-state index in [1.54, 1.807) is 18.2 Å². The summed E-state index contributed by atoms with van der Waals surface area (Å²) in [6, 6.07) is 6.36. The van der Waals surface area contributed by atoms with E-state index in [0.717, 1.165) is 0 Å². The van der Waals surface area contributed by atoms with E-state index in [2.05, 4.69) is 15.3 Å². The van der Waals surface area contributed by atoms with E-state index in [0.29, 0.717) is 22.8 Å². The lowest BCUT2D eigenvalue weighted by molar-refractivity contribution is 0.102. The average molecular weight is 279 g/mol. The maximum atomic E-state index is 12.1. The first kappa shape index (κ1) is 13.1. The minimum absolute atomic E-state index is 0.241. The topological polar surface area (TPSA) is 90.1 Å². The van der Waals surface area contributed by atoms with Crippen LogP contribution in [0, 0.1) is 0 Å². The van der Waals surface area contributed by atoms with E-state index in [-0.39, 0.29) is 11.1 Å². The molecule has 0 aliphatic rings. The summed E-state index contributed by atoms with van der Waals surface area (Å²) in [5.41, 5.74) is 6.44. The molecular weight excluding hydrogens is 268 g/mol. The van der Waals surface area contributed by atoms with Crippen molar-refractivity contribution in [1.82, 2.24) is 9.97 Å². The van der Waals surface area contributed by atoms with Crippen molar-refractivity contribution >= 4 is 29.0 Å². The van der Waals surface area contributed by atoms with Gasteiger partial charge in [0.25, 0.3) is 5.91 Å². The summed E-state index contributed by atoms with van der Waals surface area (Å²) in [6.07, 6.45) is 1.26. The highest BCUT2D eigenvalue weighted by Gasteiger charge is 2.15. The molecule has 0 aliphatic heterocycles. The highest BCUT2D eigenvalue weighted by atomic mass is 35.5. The number of benzene rings is 1. The summed E-state index contributed by atoms with van der Waals surface area (Å²) < 4.78 is 5.11. The van der Waals surface area contributed by atoms with Gasteiger partial charge in [0, 0.05) is 6.07 Å².